The molecule has 1 amide bonds. The number of benzene rings is 2. The van der Waals surface area contributed by atoms with Crippen molar-refractivity contribution in [3.05, 3.63) is 58.4 Å². The lowest BCUT2D eigenvalue weighted by Gasteiger charge is -2.08. The quantitative estimate of drug-likeness (QED) is 0.833. The van der Waals surface area contributed by atoms with Crippen molar-refractivity contribution >= 4 is 28.9 Å². The molecule has 20 heavy (non-hydrogen) atoms. The number of carbonyl (C=O) groups is 1. The second-order valence-electron chi connectivity index (χ2n) is 4.00. The molecular weight excluding hydrogens is 281 g/mol. The molecule has 0 bridgehead atoms. The van der Waals surface area contributed by atoms with E-state index in [1.807, 2.05) is 6.07 Å². The van der Waals surface area contributed by atoms with E-state index in [1.54, 1.807) is 0 Å². The van der Waals surface area contributed by atoms with Gasteiger partial charge in [0, 0.05) is 5.69 Å². The molecule has 0 atom stereocenters. The molecule has 6 heteroatoms. The van der Waals surface area contributed by atoms with Crippen LogP contribution in [0, 0.1) is 17.1 Å². The first-order valence-corrected chi connectivity index (χ1v) is 5.95. The minimum atomic E-state index is -0.727. The van der Waals surface area contributed by atoms with Crippen LogP contribution in [0.4, 0.5) is 15.8 Å². The van der Waals surface area contributed by atoms with E-state index in [-0.39, 0.29) is 22.0 Å². The van der Waals surface area contributed by atoms with Crippen LogP contribution < -0.4 is 11.1 Å². The van der Waals surface area contributed by atoms with E-state index < -0.39 is 11.7 Å². The number of nitriles is 1. The predicted octanol–water partition coefficient (Wildman–Crippen LogP) is 3.19. The van der Waals surface area contributed by atoms with Crippen molar-refractivity contribution in [1.82, 2.24) is 0 Å². The molecule has 0 aliphatic heterocycles. The summed E-state index contributed by atoms with van der Waals surface area (Å²) in [5.74, 6) is -1.39. The van der Waals surface area contributed by atoms with Crippen LogP contribution in [0.3, 0.4) is 0 Å². The van der Waals surface area contributed by atoms with Crippen molar-refractivity contribution in [3.8, 4) is 6.07 Å². The Balaban J connectivity index is 2.30. The predicted molar refractivity (Wildman–Crippen MR) is 74.9 cm³/mol. The number of nitrogens with zero attached hydrogens (tertiary/aromatic N) is 1. The molecule has 3 N–H and O–H groups in total. The van der Waals surface area contributed by atoms with Gasteiger partial charge in [-0.05, 0) is 36.4 Å². The smallest absolute Gasteiger partial charge is 0.258 e. The van der Waals surface area contributed by atoms with Gasteiger partial charge in [0.25, 0.3) is 5.91 Å². The van der Waals surface area contributed by atoms with Gasteiger partial charge < -0.3 is 11.1 Å². The Bertz CT molecular complexity index is 725. The Morgan fingerprint density at radius 2 is 2.05 bits per heavy atom. The van der Waals surface area contributed by atoms with Crippen molar-refractivity contribution in [2.75, 3.05) is 11.1 Å². The SMILES string of the molecule is N#Cc1ccc(Cl)c(NC(=O)c2ccc(N)cc2F)c1. The lowest BCUT2D eigenvalue weighted by atomic mass is 10.1. The van der Waals surface area contributed by atoms with E-state index in [2.05, 4.69) is 5.32 Å². The van der Waals surface area contributed by atoms with E-state index in [0.717, 1.165) is 6.07 Å². The van der Waals surface area contributed by atoms with E-state index in [4.69, 9.17) is 22.6 Å². The van der Waals surface area contributed by atoms with Crippen molar-refractivity contribution in [2.24, 2.45) is 0 Å². The molecule has 0 heterocycles. The largest absolute Gasteiger partial charge is 0.399 e. The second-order valence-corrected chi connectivity index (χ2v) is 4.41. The first-order chi connectivity index (χ1) is 9.51. The molecule has 0 saturated heterocycles. The zero-order valence-electron chi connectivity index (χ0n) is 10.2. The molecule has 2 rings (SSSR count). The van der Waals surface area contributed by atoms with Crippen LogP contribution in [0.25, 0.3) is 0 Å². The number of nitrogens with two attached hydrogens (primary N) is 1. The third-order valence-corrected chi connectivity index (χ3v) is 2.91. The van der Waals surface area contributed by atoms with Gasteiger partial charge in [-0.1, -0.05) is 11.6 Å². The molecule has 100 valence electrons. The Kier molecular flexibility index (Phi) is 3.87. The minimum Gasteiger partial charge on any atom is -0.399 e. The average molecular weight is 290 g/mol. The van der Waals surface area contributed by atoms with Crippen LogP contribution in [0.5, 0.6) is 0 Å². The fourth-order valence-electron chi connectivity index (χ4n) is 1.60. The number of hydrogen-bond donors (Lipinski definition) is 2. The molecule has 0 saturated carbocycles. The monoisotopic (exact) mass is 289 g/mol. The van der Waals surface area contributed by atoms with Crippen molar-refractivity contribution < 1.29 is 9.18 Å². The van der Waals surface area contributed by atoms with Crippen LogP contribution in [0.2, 0.25) is 5.02 Å². The fraction of sp³-hybridized carbons (Fsp3) is 0. The highest BCUT2D eigenvalue weighted by Gasteiger charge is 2.13. The second kappa shape index (κ2) is 5.59. The number of carbonyl (C=O) groups excluding carboxylic acids is 1. The Morgan fingerprint density at radius 3 is 2.70 bits per heavy atom. The van der Waals surface area contributed by atoms with Crippen LogP contribution in [0.15, 0.2) is 36.4 Å². The summed E-state index contributed by atoms with van der Waals surface area (Å²) in [5.41, 5.74) is 6.06. The van der Waals surface area contributed by atoms with Crippen molar-refractivity contribution in [2.45, 2.75) is 0 Å². The summed E-state index contributed by atoms with van der Waals surface area (Å²) in [7, 11) is 0. The fourth-order valence-corrected chi connectivity index (χ4v) is 1.76. The number of halogens is 2. The van der Waals surface area contributed by atoms with Gasteiger partial charge in [0.15, 0.2) is 0 Å². The summed E-state index contributed by atoms with van der Waals surface area (Å²) in [6, 6.07) is 10.1. The van der Waals surface area contributed by atoms with Gasteiger partial charge in [0.05, 0.1) is 27.9 Å². The van der Waals surface area contributed by atoms with Crippen LogP contribution in [-0.4, -0.2) is 5.91 Å². The number of nitrogen functional groups attached to an aromatic ring is 1. The number of nitrogens with one attached hydrogen (secondary N) is 1. The highest BCUT2D eigenvalue weighted by atomic mass is 35.5. The van der Waals surface area contributed by atoms with Crippen LogP contribution >= 0.6 is 11.6 Å². The number of hydrogen-bond acceptors (Lipinski definition) is 3. The van der Waals surface area contributed by atoms with E-state index in [9.17, 15) is 9.18 Å². The molecular formula is C14H9ClFN3O. The normalized spacial score (nSPS) is 9.85. The van der Waals surface area contributed by atoms with E-state index >= 15 is 0 Å². The van der Waals surface area contributed by atoms with Gasteiger partial charge in [-0.15, -0.1) is 0 Å². The third-order valence-electron chi connectivity index (χ3n) is 2.58. The summed E-state index contributed by atoms with van der Waals surface area (Å²) in [4.78, 5) is 12.0. The number of rotatable bonds is 2. The Morgan fingerprint density at radius 1 is 1.30 bits per heavy atom. The Labute approximate surface area is 119 Å². The van der Waals surface area contributed by atoms with E-state index in [0.29, 0.717) is 5.56 Å². The summed E-state index contributed by atoms with van der Waals surface area (Å²) >= 11 is 5.91. The van der Waals surface area contributed by atoms with Gasteiger partial charge in [0.2, 0.25) is 0 Å². The van der Waals surface area contributed by atoms with Crippen LogP contribution in [-0.2, 0) is 0 Å². The van der Waals surface area contributed by atoms with Crippen molar-refractivity contribution in [1.29, 1.82) is 5.26 Å². The number of amides is 1. The molecule has 2 aromatic rings. The van der Waals surface area contributed by atoms with Crippen molar-refractivity contribution in [3.63, 3.8) is 0 Å². The zero-order valence-corrected chi connectivity index (χ0v) is 10.9. The highest BCUT2D eigenvalue weighted by molar-refractivity contribution is 6.34. The van der Waals surface area contributed by atoms with Gasteiger partial charge in [-0.25, -0.2) is 4.39 Å². The maximum Gasteiger partial charge on any atom is 0.258 e. The van der Waals surface area contributed by atoms with Gasteiger partial charge in [-0.2, -0.15) is 5.26 Å². The first kappa shape index (κ1) is 13.8. The molecule has 0 aliphatic carbocycles. The summed E-state index contributed by atoms with van der Waals surface area (Å²) < 4.78 is 13.6. The standard InChI is InChI=1S/C14H9ClFN3O/c15-11-4-1-8(7-17)5-13(11)19-14(20)10-3-2-9(18)6-12(10)16/h1-6H,18H2,(H,19,20). The summed E-state index contributed by atoms with van der Waals surface area (Å²) in [5, 5.41) is 11.5. The molecule has 0 aromatic heterocycles. The average Bonchev–Trinajstić information content (AvgIpc) is 2.41. The van der Waals surface area contributed by atoms with Gasteiger partial charge >= 0.3 is 0 Å². The third kappa shape index (κ3) is 2.87. The summed E-state index contributed by atoms with van der Waals surface area (Å²) in [6.45, 7) is 0. The molecule has 0 fully saturated rings. The Hall–Kier alpha value is -2.58. The molecule has 0 radical (unpaired) electrons. The molecule has 0 unspecified atom stereocenters. The zero-order chi connectivity index (χ0) is 14.7. The molecule has 0 spiro atoms. The van der Waals surface area contributed by atoms with Crippen LogP contribution in [0.1, 0.15) is 15.9 Å². The van der Waals surface area contributed by atoms with E-state index in [1.165, 1.54) is 30.3 Å². The molecule has 2 aromatic carbocycles. The molecule has 0 aliphatic rings. The summed E-state index contributed by atoms with van der Waals surface area (Å²) in [6.07, 6.45) is 0. The molecule has 4 nitrogen and oxygen atoms in total. The maximum absolute atomic E-state index is 13.6. The lowest BCUT2D eigenvalue weighted by Crippen LogP contribution is -2.14. The number of anilines is 2. The first-order valence-electron chi connectivity index (χ1n) is 5.57. The van der Waals surface area contributed by atoms with Gasteiger partial charge in [-0.3, -0.25) is 4.79 Å². The lowest BCUT2D eigenvalue weighted by molar-refractivity contribution is 0.102. The minimum absolute atomic E-state index is 0.155. The van der Waals surface area contributed by atoms with Gasteiger partial charge in [0.1, 0.15) is 5.82 Å². The maximum atomic E-state index is 13.6. The topological polar surface area (TPSA) is 78.9 Å². The highest BCUT2D eigenvalue weighted by Crippen LogP contribution is 2.24.